The maximum absolute atomic E-state index is 5.96. The first-order valence-electron chi connectivity index (χ1n) is 7.19. The number of pyridine rings is 1. The fraction of sp³-hybridized carbons (Fsp3) is 0.667. The van der Waals surface area contributed by atoms with E-state index in [4.69, 9.17) is 5.73 Å². The zero-order chi connectivity index (χ0) is 12.5. The van der Waals surface area contributed by atoms with Gasteiger partial charge in [-0.1, -0.05) is 0 Å². The molecule has 98 valence electrons. The van der Waals surface area contributed by atoms with Gasteiger partial charge in [-0.25, -0.2) is 4.98 Å². The molecule has 2 aliphatic carbocycles. The van der Waals surface area contributed by atoms with Gasteiger partial charge in [0.05, 0.1) is 0 Å². The van der Waals surface area contributed by atoms with Gasteiger partial charge in [0.25, 0.3) is 0 Å². The lowest BCUT2D eigenvalue weighted by Crippen LogP contribution is -2.29. The second kappa shape index (κ2) is 4.88. The van der Waals surface area contributed by atoms with Crippen LogP contribution in [-0.4, -0.2) is 18.1 Å². The molecule has 3 heteroatoms. The molecule has 0 spiro atoms. The number of anilines is 1. The van der Waals surface area contributed by atoms with Gasteiger partial charge in [0.1, 0.15) is 5.82 Å². The summed E-state index contributed by atoms with van der Waals surface area (Å²) in [5, 5.41) is 0. The van der Waals surface area contributed by atoms with E-state index in [2.05, 4.69) is 16.0 Å². The molecule has 3 rings (SSSR count). The molecule has 0 amide bonds. The minimum absolute atomic E-state index is 0.0930. The highest BCUT2D eigenvalue weighted by Crippen LogP contribution is 2.35. The average Bonchev–Trinajstić information content (AvgIpc) is 3.23. The minimum Gasteiger partial charge on any atom is -0.356 e. The highest BCUT2D eigenvalue weighted by atomic mass is 15.2. The van der Waals surface area contributed by atoms with Crippen molar-refractivity contribution in [1.82, 2.24) is 4.98 Å². The van der Waals surface area contributed by atoms with Crippen LogP contribution in [0.1, 0.15) is 44.2 Å². The predicted octanol–water partition coefficient (Wildman–Crippen LogP) is 2.73. The number of nitrogens with two attached hydrogens (primary N) is 1. The van der Waals surface area contributed by atoms with Gasteiger partial charge < -0.3 is 10.6 Å². The average molecular weight is 245 g/mol. The van der Waals surface area contributed by atoms with Gasteiger partial charge in [0, 0.05) is 25.3 Å². The van der Waals surface area contributed by atoms with Gasteiger partial charge in [0.2, 0.25) is 0 Å². The largest absolute Gasteiger partial charge is 0.356 e. The molecule has 0 saturated heterocycles. The summed E-state index contributed by atoms with van der Waals surface area (Å²) in [6, 6.07) is 4.30. The highest BCUT2D eigenvalue weighted by molar-refractivity contribution is 5.42. The number of aromatic nitrogens is 1. The van der Waals surface area contributed by atoms with Crippen molar-refractivity contribution in [3.05, 3.63) is 23.9 Å². The zero-order valence-corrected chi connectivity index (χ0v) is 11.2. The van der Waals surface area contributed by atoms with E-state index in [1.165, 1.54) is 44.3 Å². The monoisotopic (exact) mass is 245 g/mol. The van der Waals surface area contributed by atoms with Crippen LogP contribution in [-0.2, 0) is 0 Å². The van der Waals surface area contributed by atoms with Gasteiger partial charge >= 0.3 is 0 Å². The van der Waals surface area contributed by atoms with Crippen LogP contribution >= 0.6 is 0 Å². The van der Waals surface area contributed by atoms with E-state index in [0.717, 1.165) is 17.7 Å². The van der Waals surface area contributed by atoms with Crippen LogP contribution in [0.15, 0.2) is 18.3 Å². The molecular formula is C15H23N3. The van der Waals surface area contributed by atoms with Crippen LogP contribution < -0.4 is 10.6 Å². The van der Waals surface area contributed by atoms with Crippen molar-refractivity contribution in [2.75, 3.05) is 18.0 Å². The quantitative estimate of drug-likeness (QED) is 0.838. The molecule has 2 N–H and O–H groups in total. The molecule has 18 heavy (non-hydrogen) atoms. The Morgan fingerprint density at radius 3 is 2.39 bits per heavy atom. The molecule has 1 aromatic rings. The Labute approximate surface area is 109 Å². The maximum Gasteiger partial charge on any atom is 0.128 e. The van der Waals surface area contributed by atoms with Crippen molar-refractivity contribution >= 4 is 5.82 Å². The Balaban J connectivity index is 1.75. The summed E-state index contributed by atoms with van der Waals surface area (Å²) in [6.07, 6.45) is 7.49. The third-order valence-electron chi connectivity index (χ3n) is 3.97. The molecule has 0 radical (unpaired) electrons. The molecular weight excluding hydrogens is 222 g/mol. The zero-order valence-electron chi connectivity index (χ0n) is 11.2. The molecule has 2 fully saturated rings. The van der Waals surface area contributed by atoms with Crippen LogP contribution in [0.2, 0.25) is 0 Å². The first-order valence-corrected chi connectivity index (χ1v) is 7.19. The summed E-state index contributed by atoms with van der Waals surface area (Å²) in [5.74, 6) is 2.94. The van der Waals surface area contributed by atoms with E-state index >= 15 is 0 Å². The lowest BCUT2D eigenvalue weighted by atomic mass is 10.1. The minimum atomic E-state index is 0.0930. The molecule has 2 saturated carbocycles. The van der Waals surface area contributed by atoms with Gasteiger partial charge in [0.15, 0.2) is 0 Å². The molecule has 1 atom stereocenters. The van der Waals surface area contributed by atoms with Crippen LogP contribution in [0, 0.1) is 11.8 Å². The Morgan fingerprint density at radius 2 is 1.89 bits per heavy atom. The summed E-state index contributed by atoms with van der Waals surface area (Å²) in [5.41, 5.74) is 7.15. The summed E-state index contributed by atoms with van der Waals surface area (Å²) in [7, 11) is 0. The molecule has 0 aliphatic heterocycles. The van der Waals surface area contributed by atoms with Gasteiger partial charge in [-0.3, -0.25) is 0 Å². The van der Waals surface area contributed by atoms with Gasteiger partial charge in [-0.2, -0.15) is 0 Å². The topological polar surface area (TPSA) is 42.1 Å². The summed E-state index contributed by atoms with van der Waals surface area (Å²) in [4.78, 5) is 7.04. The van der Waals surface area contributed by atoms with Crippen LogP contribution in [0.3, 0.4) is 0 Å². The van der Waals surface area contributed by atoms with E-state index in [-0.39, 0.29) is 6.04 Å². The van der Waals surface area contributed by atoms with Crippen molar-refractivity contribution in [1.29, 1.82) is 0 Å². The van der Waals surface area contributed by atoms with E-state index in [0.29, 0.717) is 0 Å². The van der Waals surface area contributed by atoms with Crippen molar-refractivity contribution in [3.63, 3.8) is 0 Å². The molecule has 3 nitrogen and oxygen atoms in total. The van der Waals surface area contributed by atoms with Gasteiger partial charge in [-0.05, 0) is 62.1 Å². The van der Waals surface area contributed by atoms with E-state index in [1.807, 2.05) is 19.2 Å². The molecule has 1 heterocycles. The predicted molar refractivity (Wildman–Crippen MR) is 74.5 cm³/mol. The summed E-state index contributed by atoms with van der Waals surface area (Å²) < 4.78 is 0. The maximum atomic E-state index is 5.96. The standard InChI is InChI=1S/C15H23N3/c1-11(16)14-6-7-17-15(8-14)18(9-12-2-3-12)10-13-4-5-13/h6-8,11-13H,2-5,9-10,16H2,1H3/t11-/m1/s1. The van der Waals surface area contributed by atoms with Crippen molar-refractivity contribution in [2.45, 2.75) is 38.6 Å². The molecule has 0 unspecified atom stereocenters. The lowest BCUT2D eigenvalue weighted by Gasteiger charge is -2.24. The first-order chi connectivity index (χ1) is 8.72. The Kier molecular flexibility index (Phi) is 3.25. The Hall–Kier alpha value is -1.09. The summed E-state index contributed by atoms with van der Waals surface area (Å²) in [6.45, 7) is 4.41. The highest BCUT2D eigenvalue weighted by Gasteiger charge is 2.29. The third-order valence-corrected chi connectivity index (χ3v) is 3.97. The second-order valence-electron chi connectivity index (χ2n) is 6.03. The number of rotatable bonds is 6. The number of hydrogen-bond donors (Lipinski definition) is 1. The normalized spacial score (nSPS) is 20.8. The van der Waals surface area contributed by atoms with Crippen LogP contribution in [0.4, 0.5) is 5.82 Å². The first kappa shape index (κ1) is 12.0. The molecule has 0 aromatic carbocycles. The SMILES string of the molecule is C[C@@H](N)c1ccnc(N(CC2CC2)CC2CC2)c1. The molecule has 1 aromatic heterocycles. The Morgan fingerprint density at radius 1 is 1.28 bits per heavy atom. The van der Waals surface area contributed by atoms with E-state index in [9.17, 15) is 0 Å². The number of nitrogens with zero attached hydrogens (tertiary/aromatic N) is 2. The second-order valence-corrected chi connectivity index (χ2v) is 6.03. The van der Waals surface area contributed by atoms with Crippen LogP contribution in [0.5, 0.6) is 0 Å². The summed E-state index contributed by atoms with van der Waals surface area (Å²) >= 11 is 0. The smallest absolute Gasteiger partial charge is 0.128 e. The third kappa shape index (κ3) is 3.02. The van der Waals surface area contributed by atoms with Crippen LogP contribution in [0.25, 0.3) is 0 Å². The Bertz CT molecular complexity index is 394. The van der Waals surface area contributed by atoms with Crippen molar-refractivity contribution in [2.24, 2.45) is 17.6 Å². The molecule has 0 bridgehead atoms. The van der Waals surface area contributed by atoms with E-state index in [1.54, 1.807) is 0 Å². The van der Waals surface area contributed by atoms with Gasteiger partial charge in [-0.15, -0.1) is 0 Å². The molecule has 2 aliphatic rings. The lowest BCUT2D eigenvalue weighted by molar-refractivity contribution is 0.670. The number of hydrogen-bond acceptors (Lipinski definition) is 3. The van der Waals surface area contributed by atoms with E-state index < -0.39 is 0 Å². The van der Waals surface area contributed by atoms with Crippen molar-refractivity contribution in [3.8, 4) is 0 Å². The fourth-order valence-corrected chi connectivity index (χ4v) is 2.38. The van der Waals surface area contributed by atoms with Crippen molar-refractivity contribution < 1.29 is 0 Å². The fourth-order valence-electron chi connectivity index (χ4n) is 2.38.